The number of aromatic nitrogens is 1. The van der Waals surface area contributed by atoms with Crippen LogP contribution in [-0.4, -0.2) is 28.3 Å². The lowest BCUT2D eigenvalue weighted by atomic mass is 10.0. The maximum Gasteiger partial charge on any atom is 0.238 e. The third-order valence-electron chi connectivity index (χ3n) is 4.71. The minimum atomic E-state index is -0.497. The number of rotatable bonds is 2. The molecular formula is C19H16BrN3O2. The van der Waals surface area contributed by atoms with E-state index >= 15 is 0 Å². The maximum atomic E-state index is 12.6. The van der Waals surface area contributed by atoms with Crippen molar-refractivity contribution in [3.05, 3.63) is 58.7 Å². The predicted molar refractivity (Wildman–Crippen MR) is 101 cm³/mol. The Morgan fingerprint density at radius 3 is 2.60 bits per heavy atom. The average Bonchev–Trinajstić information content (AvgIpc) is 3.10. The van der Waals surface area contributed by atoms with Crippen molar-refractivity contribution < 1.29 is 9.59 Å². The number of carbonyl (C=O) groups excluding carboxylic acids is 2. The first-order valence-electron chi connectivity index (χ1n) is 7.93. The topological polar surface area (TPSA) is 68.3 Å². The molecule has 0 radical (unpaired) electrons. The monoisotopic (exact) mass is 397 g/mol. The number of imide groups is 1. The number of para-hydroxylation sites is 1. The molecule has 25 heavy (non-hydrogen) atoms. The van der Waals surface area contributed by atoms with Gasteiger partial charge in [-0.05, 0) is 30.3 Å². The van der Waals surface area contributed by atoms with Gasteiger partial charge in [0.1, 0.15) is 0 Å². The number of fused-ring (bicyclic) bond motifs is 1. The van der Waals surface area contributed by atoms with E-state index < -0.39 is 5.92 Å². The van der Waals surface area contributed by atoms with Gasteiger partial charge in [0, 0.05) is 29.0 Å². The van der Waals surface area contributed by atoms with E-state index in [9.17, 15) is 9.59 Å². The molecule has 4 rings (SSSR count). The van der Waals surface area contributed by atoms with Crippen molar-refractivity contribution in [2.75, 3.05) is 12.8 Å². The van der Waals surface area contributed by atoms with E-state index in [4.69, 9.17) is 5.73 Å². The fourth-order valence-corrected chi connectivity index (χ4v) is 3.75. The van der Waals surface area contributed by atoms with Crippen LogP contribution in [0.1, 0.15) is 18.0 Å². The number of nitrogens with two attached hydrogens (primary N) is 1. The van der Waals surface area contributed by atoms with Gasteiger partial charge in [0.25, 0.3) is 0 Å². The Hall–Kier alpha value is -2.60. The van der Waals surface area contributed by atoms with Gasteiger partial charge in [0.05, 0.1) is 22.8 Å². The summed E-state index contributed by atoms with van der Waals surface area (Å²) in [4.78, 5) is 25.8. The van der Waals surface area contributed by atoms with Crippen molar-refractivity contribution in [3.8, 4) is 5.69 Å². The summed E-state index contributed by atoms with van der Waals surface area (Å²) in [5.41, 5.74) is 9.37. The number of hydrogen-bond donors (Lipinski definition) is 1. The van der Waals surface area contributed by atoms with E-state index in [1.165, 1.54) is 11.9 Å². The smallest absolute Gasteiger partial charge is 0.238 e. The normalized spacial score (nSPS) is 17.7. The van der Waals surface area contributed by atoms with Gasteiger partial charge in [-0.1, -0.05) is 34.1 Å². The molecule has 2 heterocycles. The van der Waals surface area contributed by atoms with Crippen LogP contribution in [0.2, 0.25) is 0 Å². The van der Waals surface area contributed by atoms with Crippen molar-refractivity contribution in [3.63, 3.8) is 0 Å². The maximum absolute atomic E-state index is 12.6. The van der Waals surface area contributed by atoms with Gasteiger partial charge in [0.15, 0.2) is 0 Å². The summed E-state index contributed by atoms with van der Waals surface area (Å²) in [6.07, 6.45) is 0.180. The molecule has 2 N–H and O–H groups in total. The summed E-state index contributed by atoms with van der Waals surface area (Å²) in [6, 6.07) is 15.5. The van der Waals surface area contributed by atoms with E-state index in [0.29, 0.717) is 5.69 Å². The molecule has 1 aliphatic heterocycles. The third-order valence-corrected chi connectivity index (χ3v) is 5.20. The van der Waals surface area contributed by atoms with E-state index in [1.54, 1.807) is 0 Å². The zero-order chi connectivity index (χ0) is 17.7. The Kier molecular flexibility index (Phi) is 3.65. The van der Waals surface area contributed by atoms with Crippen molar-refractivity contribution in [1.82, 2.24) is 9.47 Å². The first-order valence-corrected chi connectivity index (χ1v) is 8.73. The quantitative estimate of drug-likeness (QED) is 0.531. The molecule has 1 aliphatic rings. The standard InChI is InChI=1S/C19H16BrN3O2/c1-22-18(24)10-13(19(22)25)16-8-11-4-2-3-5-15(11)23(16)17-9-12(20)6-7-14(17)21/h2-9,13H,10,21H2,1H3/t13-/m1/s1. The molecule has 3 aromatic rings. The van der Waals surface area contributed by atoms with E-state index in [0.717, 1.165) is 26.8 Å². The van der Waals surface area contributed by atoms with Crippen molar-refractivity contribution >= 4 is 44.3 Å². The van der Waals surface area contributed by atoms with Gasteiger partial charge in [-0.3, -0.25) is 14.5 Å². The molecule has 0 unspecified atom stereocenters. The SMILES string of the molecule is CN1C(=O)C[C@H](c2cc3ccccc3n2-c2cc(Br)ccc2N)C1=O. The first kappa shape index (κ1) is 15.9. The Bertz CT molecular complexity index is 1020. The van der Waals surface area contributed by atoms with Gasteiger partial charge in [-0.15, -0.1) is 0 Å². The molecule has 0 bridgehead atoms. The minimum Gasteiger partial charge on any atom is -0.397 e. The Morgan fingerprint density at radius 2 is 1.88 bits per heavy atom. The molecule has 1 saturated heterocycles. The zero-order valence-electron chi connectivity index (χ0n) is 13.6. The Labute approximate surface area is 153 Å². The third kappa shape index (κ3) is 2.44. The second kappa shape index (κ2) is 5.74. The van der Waals surface area contributed by atoms with Crippen LogP contribution in [0.3, 0.4) is 0 Å². The van der Waals surface area contributed by atoms with E-state index in [-0.39, 0.29) is 18.2 Å². The van der Waals surface area contributed by atoms with Crippen LogP contribution in [0.4, 0.5) is 5.69 Å². The number of benzene rings is 2. The second-order valence-corrected chi connectivity index (χ2v) is 7.13. The van der Waals surface area contributed by atoms with Crippen molar-refractivity contribution in [2.45, 2.75) is 12.3 Å². The van der Waals surface area contributed by atoms with Crippen LogP contribution in [0.5, 0.6) is 0 Å². The van der Waals surface area contributed by atoms with E-state index in [2.05, 4.69) is 15.9 Å². The van der Waals surface area contributed by atoms with Gasteiger partial charge >= 0.3 is 0 Å². The number of halogens is 1. The summed E-state index contributed by atoms with van der Waals surface area (Å²) in [5.74, 6) is -0.833. The number of nitrogens with zero attached hydrogens (tertiary/aromatic N) is 2. The van der Waals surface area contributed by atoms with Crippen LogP contribution >= 0.6 is 15.9 Å². The molecule has 0 spiro atoms. The van der Waals surface area contributed by atoms with Gasteiger partial charge in [-0.25, -0.2) is 0 Å². The zero-order valence-corrected chi connectivity index (χ0v) is 15.2. The lowest BCUT2D eigenvalue weighted by molar-refractivity contribution is -0.137. The van der Waals surface area contributed by atoms with Gasteiger partial charge in [0.2, 0.25) is 11.8 Å². The molecule has 1 aromatic heterocycles. The van der Waals surface area contributed by atoms with Crippen LogP contribution in [0.15, 0.2) is 53.0 Å². The molecule has 0 aliphatic carbocycles. The van der Waals surface area contributed by atoms with Gasteiger partial charge in [-0.2, -0.15) is 0 Å². The highest BCUT2D eigenvalue weighted by Gasteiger charge is 2.39. The van der Waals surface area contributed by atoms with Crippen LogP contribution < -0.4 is 5.73 Å². The number of carbonyl (C=O) groups is 2. The van der Waals surface area contributed by atoms with Crippen molar-refractivity contribution in [1.29, 1.82) is 0 Å². The molecule has 2 aromatic carbocycles. The highest BCUT2D eigenvalue weighted by atomic mass is 79.9. The summed E-state index contributed by atoms with van der Waals surface area (Å²) in [5, 5.41) is 1.01. The molecule has 126 valence electrons. The predicted octanol–water partition coefficient (Wildman–Crippen LogP) is 3.45. The number of likely N-dealkylation sites (tertiary alicyclic amines) is 1. The Balaban J connectivity index is 2.01. The number of likely N-dealkylation sites (N-methyl/N-ethyl adjacent to an activating group) is 1. The van der Waals surface area contributed by atoms with E-state index in [1.807, 2.05) is 53.1 Å². The largest absolute Gasteiger partial charge is 0.397 e. The summed E-state index contributed by atoms with van der Waals surface area (Å²) in [6.45, 7) is 0. The fraction of sp³-hybridized carbons (Fsp3) is 0.158. The minimum absolute atomic E-state index is 0.158. The molecule has 6 heteroatoms. The number of anilines is 1. The highest BCUT2D eigenvalue weighted by molar-refractivity contribution is 9.10. The first-order chi connectivity index (χ1) is 12.0. The summed E-state index contributed by atoms with van der Waals surface area (Å²) < 4.78 is 2.89. The van der Waals surface area contributed by atoms with Crippen LogP contribution in [-0.2, 0) is 9.59 Å². The average molecular weight is 398 g/mol. The summed E-state index contributed by atoms with van der Waals surface area (Å²) in [7, 11) is 1.53. The molecule has 5 nitrogen and oxygen atoms in total. The molecule has 0 saturated carbocycles. The van der Waals surface area contributed by atoms with Crippen LogP contribution in [0, 0.1) is 0 Å². The highest BCUT2D eigenvalue weighted by Crippen LogP contribution is 2.37. The lowest BCUT2D eigenvalue weighted by Crippen LogP contribution is -2.25. The number of amides is 2. The van der Waals surface area contributed by atoms with Crippen LogP contribution in [0.25, 0.3) is 16.6 Å². The summed E-state index contributed by atoms with van der Waals surface area (Å²) >= 11 is 3.49. The molecule has 1 atom stereocenters. The molecule has 1 fully saturated rings. The molecule has 2 amide bonds. The van der Waals surface area contributed by atoms with Crippen molar-refractivity contribution in [2.24, 2.45) is 0 Å². The number of hydrogen-bond acceptors (Lipinski definition) is 3. The van der Waals surface area contributed by atoms with Gasteiger partial charge < -0.3 is 10.3 Å². The second-order valence-electron chi connectivity index (χ2n) is 6.21. The molecular weight excluding hydrogens is 382 g/mol. The lowest BCUT2D eigenvalue weighted by Gasteiger charge is -2.16. The Morgan fingerprint density at radius 1 is 1.12 bits per heavy atom. The number of nitrogen functional groups attached to an aromatic ring is 1. The fourth-order valence-electron chi connectivity index (χ4n) is 3.40.